The molecule has 0 spiro atoms. The molecule has 0 radical (unpaired) electrons. The van der Waals surface area contributed by atoms with Crippen LogP contribution in [-0.2, 0) is 20.0 Å². The molecule has 198 valence electrons. The standard InChI is InChI=1S/C23H26ClN5O6S2/c1-23(25,13-3-2-4-15(24)8-13)14-9-17(36-11-14)21(32)22-27-6-5-18(29-22)28-16-7-12(19(30)20(16)31)10-35-37(26,33)34/h2-6,8-9,11-12,16,19-20,30-31H,7,10,25H2,1H3,(H2,26,33,34)(H,27,28,29)/t12-,16-,19-,20+,23+/m1/s1. The van der Waals surface area contributed by atoms with Crippen molar-refractivity contribution in [1.29, 1.82) is 0 Å². The molecule has 1 fully saturated rings. The molecule has 0 bridgehead atoms. The van der Waals surface area contributed by atoms with E-state index in [9.17, 15) is 23.4 Å². The van der Waals surface area contributed by atoms with Gasteiger partial charge in [0.2, 0.25) is 11.6 Å². The molecular weight excluding hydrogens is 542 g/mol. The van der Waals surface area contributed by atoms with E-state index in [2.05, 4.69) is 19.5 Å². The molecule has 2 heterocycles. The molecule has 1 aliphatic rings. The Balaban J connectivity index is 1.47. The van der Waals surface area contributed by atoms with Gasteiger partial charge < -0.3 is 21.3 Å². The van der Waals surface area contributed by atoms with E-state index in [1.807, 2.05) is 19.1 Å². The first-order valence-electron chi connectivity index (χ1n) is 11.2. The summed E-state index contributed by atoms with van der Waals surface area (Å²) >= 11 is 7.33. The lowest BCUT2D eigenvalue weighted by molar-refractivity contribution is 0.00778. The summed E-state index contributed by atoms with van der Waals surface area (Å²) in [5, 5.41) is 30.8. The number of anilines is 1. The van der Waals surface area contributed by atoms with Crippen LogP contribution in [0.25, 0.3) is 0 Å². The van der Waals surface area contributed by atoms with E-state index in [-0.39, 0.29) is 24.7 Å². The summed E-state index contributed by atoms with van der Waals surface area (Å²) in [6.07, 6.45) is -0.887. The topological polar surface area (TPSA) is 191 Å². The molecular formula is C23H26ClN5O6S2. The van der Waals surface area contributed by atoms with Gasteiger partial charge in [0.1, 0.15) is 11.9 Å². The second kappa shape index (κ2) is 10.7. The number of carbonyl (C=O) groups excluding carboxylic acids is 1. The maximum atomic E-state index is 13.1. The van der Waals surface area contributed by atoms with Crippen LogP contribution in [-0.4, -0.2) is 59.2 Å². The van der Waals surface area contributed by atoms with E-state index in [1.54, 1.807) is 23.6 Å². The summed E-state index contributed by atoms with van der Waals surface area (Å²) < 4.78 is 26.6. The average Bonchev–Trinajstić information content (AvgIpc) is 3.44. The minimum atomic E-state index is -4.18. The summed E-state index contributed by atoms with van der Waals surface area (Å²) in [4.78, 5) is 21.9. The fraction of sp³-hybridized carbons (Fsp3) is 0.348. The van der Waals surface area contributed by atoms with Crippen molar-refractivity contribution in [2.75, 3.05) is 11.9 Å². The van der Waals surface area contributed by atoms with Crippen molar-refractivity contribution in [3.8, 4) is 0 Å². The average molecular weight is 568 g/mol. The van der Waals surface area contributed by atoms with Crippen LogP contribution in [0.3, 0.4) is 0 Å². The molecule has 11 nitrogen and oxygen atoms in total. The summed E-state index contributed by atoms with van der Waals surface area (Å²) in [5.41, 5.74) is 7.22. The third-order valence-corrected chi connectivity index (χ3v) is 7.92. The van der Waals surface area contributed by atoms with Crippen LogP contribution in [0.4, 0.5) is 5.82 Å². The van der Waals surface area contributed by atoms with Crippen LogP contribution in [0.1, 0.15) is 40.0 Å². The third kappa shape index (κ3) is 6.33. The van der Waals surface area contributed by atoms with E-state index in [0.717, 1.165) is 11.1 Å². The van der Waals surface area contributed by atoms with Gasteiger partial charge in [-0.2, -0.15) is 8.42 Å². The molecule has 0 amide bonds. The van der Waals surface area contributed by atoms with Gasteiger partial charge in [-0.3, -0.25) is 8.98 Å². The summed E-state index contributed by atoms with van der Waals surface area (Å²) in [5.74, 6) is -0.902. The first-order valence-corrected chi connectivity index (χ1v) is 13.9. The van der Waals surface area contributed by atoms with Crippen molar-refractivity contribution < 1.29 is 27.6 Å². The number of hydrogen-bond acceptors (Lipinski definition) is 11. The maximum Gasteiger partial charge on any atom is 0.333 e. The minimum absolute atomic E-state index is 0.0676. The zero-order chi connectivity index (χ0) is 27.0. The highest BCUT2D eigenvalue weighted by molar-refractivity contribution is 7.84. The number of aromatic nitrogens is 2. The Morgan fingerprint density at radius 3 is 2.73 bits per heavy atom. The number of rotatable bonds is 9. The highest BCUT2D eigenvalue weighted by Gasteiger charge is 2.42. The van der Waals surface area contributed by atoms with Crippen LogP contribution < -0.4 is 16.2 Å². The maximum absolute atomic E-state index is 13.1. The van der Waals surface area contributed by atoms with Crippen molar-refractivity contribution in [2.45, 2.75) is 37.1 Å². The van der Waals surface area contributed by atoms with Crippen LogP contribution in [0, 0.1) is 5.92 Å². The molecule has 2 aromatic heterocycles. The Hall–Kier alpha value is -2.49. The van der Waals surface area contributed by atoms with Gasteiger partial charge in [-0.1, -0.05) is 23.7 Å². The Bertz CT molecular complexity index is 1400. The smallest absolute Gasteiger partial charge is 0.333 e. The fourth-order valence-corrected chi connectivity index (χ4v) is 5.68. The zero-order valence-electron chi connectivity index (χ0n) is 19.6. The molecule has 5 atom stereocenters. The number of benzene rings is 1. The van der Waals surface area contributed by atoms with Gasteiger partial charge >= 0.3 is 10.3 Å². The number of nitrogens with two attached hydrogens (primary N) is 2. The quantitative estimate of drug-likeness (QED) is 0.236. The number of nitrogens with one attached hydrogen (secondary N) is 1. The van der Waals surface area contributed by atoms with E-state index < -0.39 is 45.8 Å². The van der Waals surface area contributed by atoms with E-state index >= 15 is 0 Å². The van der Waals surface area contributed by atoms with Crippen LogP contribution >= 0.6 is 22.9 Å². The molecule has 4 rings (SSSR count). The van der Waals surface area contributed by atoms with E-state index in [4.69, 9.17) is 22.5 Å². The fourth-order valence-electron chi connectivity index (χ4n) is 4.17. The van der Waals surface area contributed by atoms with Gasteiger partial charge in [-0.05, 0) is 54.1 Å². The second-order valence-electron chi connectivity index (χ2n) is 9.01. The monoisotopic (exact) mass is 567 g/mol. The number of halogens is 1. The number of carbonyl (C=O) groups is 1. The van der Waals surface area contributed by atoms with Crippen LogP contribution in [0.5, 0.6) is 0 Å². The molecule has 3 aromatic rings. The number of aliphatic hydroxyl groups excluding tert-OH is 2. The van der Waals surface area contributed by atoms with Gasteiger partial charge in [0, 0.05) is 17.1 Å². The Kier molecular flexibility index (Phi) is 7.97. The van der Waals surface area contributed by atoms with Gasteiger partial charge in [0.15, 0.2) is 0 Å². The molecule has 0 saturated heterocycles. The zero-order valence-corrected chi connectivity index (χ0v) is 22.0. The molecule has 37 heavy (non-hydrogen) atoms. The van der Waals surface area contributed by atoms with Gasteiger partial charge in [-0.25, -0.2) is 15.1 Å². The first-order chi connectivity index (χ1) is 17.3. The molecule has 1 saturated carbocycles. The number of thiophene rings is 1. The first kappa shape index (κ1) is 27.5. The number of aliphatic hydroxyl groups is 2. The summed E-state index contributed by atoms with van der Waals surface area (Å²) in [6.45, 7) is 1.46. The Labute approximate surface area is 222 Å². The number of nitrogens with zero attached hydrogens (tertiary/aromatic N) is 2. The van der Waals surface area contributed by atoms with Crippen LogP contribution in [0.15, 0.2) is 48.0 Å². The molecule has 14 heteroatoms. The molecule has 1 aliphatic carbocycles. The second-order valence-corrected chi connectivity index (χ2v) is 11.6. The van der Waals surface area contributed by atoms with Crippen molar-refractivity contribution >= 4 is 44.8 Å². The SMILES string of the molecule is C[C@](N)(c1cccc(Cl)c1)c1csc(C(=O)c2nccc(N[C@@H]3C[C@H](COS(N)(=O)=O)[C@@H](O)[C@H]3O)n2)c1. The Morgan fingerprint density at radius 2 is 2.03 bits per heavy atom. The lowest BCUT2D eigenvalue weighted by Gasteiger charge is -2.24. The predicted molar refractivity (Wildman–Crippen MR) is 138 cm³/mol. The molecule has 7 N–H and O–H groups in total. The summed E-state index contributed by atoms with van der Waals surface area (Å²) in [7, 11) is -4.18. The van der Waals surface area contributed by atoms with E-state index in [1.165, 1.54) is 23.6 Å². The van der Waals surface area contributed by atoms with Crippen molar-refractivity contribution in [2.24, 2.45) is 16.8 Å². The highest BCUT2D eigenvalue weighted by atomic mass is 35.5. The minimum Gasteiger partial charge on any atom is -0.390 e. The lowest BCUT2D eigenvalue weighted by Crippen LogP contribution is -2.36. The van der Waals surface area contributed by atoms with Crippen molar-refractivity contribution in [3.63, 3.8) is 0 Å². The number of ketones is 1. The van der Waals surface area contributed by atoms with E-state index in [0.29, 0.717) is 9.90 Å². The largest absolute Gasteiger partial charge is 0.390 e. The van der Waals surface area contributed by atoms with Crippen molar-refractivity contribution in [3.05, 3.63) is 74.8 Å². The van der Waals surface area contributed by atoms with Gasteiger partial charge in [0.05, 0.1) is 29.2 Å². The molecule has 1 aromatic carbocycles. The van der Waals surface area contributed by atoms with Crippen LogP contribution in [0.2, 0.25) is 5.02 Å². The van der Waals surface area contributed by atoms with Gasteiger partial charge in [-0.15, -0.1) is 11.3 Å². The Morgan fingerprint density at radius 1 is 1.27 bits per heavy atom. The lowest BCUT2D eigenvalue weighted by atomic mass is 9.87. The normalized spacial score (nSPS) is 23.5. The molecule has 0 aliphatic heterocycles. The third-order valence-electron chi connectivity index (χ3n) is 6.29. The summed E-state index contributed by atoms with van der Waals surface area (Å²) in [6, 6.07) is 9.74. The predicted octanol–water partition coefficient (Wildman–Crippen LogP) is 1.39. The van der Waals surface area contributed by atoms with Crippen molar-refractivity contribution in [1.82, 2.24) is 9.97 Å². The highest BCUT2D eigenvalue weighted by Crippen LogP contribution is 2.32. The number of hydrogen-bond donors (Lipinski definition) is 5. The van der Waals surface area contributed by atoms with Gasteiger partial charge in [0.25, 0.3) is 0 Å². The molecule has 0 unspecified atom stereocenters.